The molecule has 0 saturated carbocycles. The molecule has 3 N–H and O–H groups in total. The highest BCUT2D eigenvalue weighted by Gasteiger charge is 2.34. The molecule has 5 atom stereocenters. The Morgan fingerprint density at radius 1 is 1.17 bits per heavy atom. The molecule has 3 unspecified atom stereocenters. The summed E-state index contributed by atoms with van der Waals surface area (Å²) in [5.41, 5.74) is 1.81. The van der Waals surface area contributed by atoms with Gasteiger partial charge in [0.25, 0.3) is 0 Å². The zero-order valence-corrected chi connectivity index (χ0v) is 24.5. The predicted octanol–water partition coefficient (Wildman–Crippen LogP) is 3.30. The van der Waals surface area contributed by atoms with Crippen LogP contribution in [0.15, 0.2) is 59.0 Å². The molecule has 10 nitrogen and oxygen atoms in total. The zero-order chi connectivity index (χ0) is 29.2. The van der Waals surface area contributed by atoms with Crippen LogP contribution < -0.4 is 10.6 Å². The summed E-state index contributed by atoms with van der Waals surface area (Å²) in [6.45, 7) is 3.01. The standard InChI is InChI=1S/C30H41N3O7S/c1-3-9-25(28(34)30-33-24-12-7-8-13-27(24)40-30)32-29(35)26(20-41(36,37)19-21-10-5-4-6-11-21)31-22-14-17-39-23(18-22)15-16-38-2/h4-8,10-13,22-23,25-26,28,31,34H,3,9,14-20H2,1-2H3,(H,32,35)/t22?,23-,25?,26?,28-/m0/s1. The molecule has 0 aliphatic carbocycles. The van der Waals surface area contributed by atoms with Crippen molar-refractivity contribution in [2.75, 3.05) is 26.1 Å². The van der Waals surface area contributed by atoms with Gasteiger partial charge in [-0.15, -0.1) is 0 Å². The van der Waals surface area contributed by atoms with Gasteiger partial charge in [0.15, 0.2) is 21.5 Å². The Hall–Kier alpha value is -2.83. The molecule has 1 fully saturated rings. The van der Waals surface area contributed by atoms with Crippen LogP contribution in [0.3, 0.4) is 0 Å². The summed E-state index contributed by atoms with van der Waals surface area (Å²) in [7, 11) is -2.03. The van der Waals surface area contributed by atoms with E-state index in [-0.39, 0.29) is 29.5 Å². The molecular weight excluding hydrogens is 546 g/mol. The number of oxazole rings is 1. The van der Waals surface area contributed by atoms with Gasteiger partial charge in [0.2, 0.25) is 11.8 Å². The van der Waals surface area contributed by atoms with E-state index < -0.39 is 33.9 Å². The van der Waals surface area contributed by atoms with Crippen LogP contribution in [0.2, 0.25) is 0 Å². The first-order valence-electron chi connectivity index (χ1n) is 14.2. The van der Waals surface area contributed by atoms with Crippen molar-refractivity contribution in [3.63, 3.8) is 0 Å². The minimum atomic E-state index is -3.66. The van der Waals surface area contributed by atoms with Gasteiger partial charge in [-0.25, -0.2) is 13.4 Å². The van der Waals surface area contributed by atoms with E-state index in [1.54, 1.807) is 43.5 Å². The van der Waals surface area contributed by atoms with E-state index in [0.717, 1.165) is 0 Å². The number of para-hydroxylation sites is 2. The van der Waals surface area contributed by atoms with E-state index in [9.17, 15) is 18.3 Å². The molecule has 0 radical (unpaired) electrons. The number of ether oxygens (including phenoxy) is 2. The largest absolute Gasteiger partial charge is 0.438 e. The van der Waals surface area contributed by atoms with Crippen LogP contribution in [0.4, 0.5) is 0 Å². The first-order chi connectivity index (χ1) is 19.8. The van der Waals surface area contributed by atoms with Crippen LogP contribution in [0, 0.1) is 0 Å². The van der Waals surface area contributed by atoms with E-state index in [1.165, 1.54) is 0 Å². The summed E-state index contributed by atoms with van der Waals surface area (Å²) in [4.78, 5) is 18.1. The Kier molecular flexibility index (Phi) is 11.3. The number of hydrogen-bond acceptors (Lipinski definition) is 9. The third kappa shape index (κ3) is 9.08. The number of aliphatic hydroxyl groups is 1. The molecule has 2 aromatic carbocycles. The summed E-state index contributed by atoms with van der Waals surface area (Å²) in [6.07, 6.45) is 1.88. The number of benzene rings is 2. The second-order valence-electron chi connectivity index (χ2n) is 10.6. The van der Waals surface area contributed by atoms with Gasteiger partial charge in [0.1, 0.15) is 11.6 Å². The number of amides is 1. The van der Waals surface area contributed by atoms with E-state index in [2.05, 4.69) is 15.6 Å². The summed E-state index contributed by atoms with van der Waals surface area (Å²) < 4.78 is 43.4. The Morgan fingerprint density at radius 3 is 2.66 bits per heavy atom. The maximum atomic E-state index is 13.7. The molecule has 0 bridgehead atoms. The lowest BCUT2D eigenvalue weighted by molar-refractivity contribution is -0.125. The average Bonchev–Trinajstić information content (AvgIpc) is 3.40. The predicted molar refractivity (Wildman–Crippen MR) is 156 cm³/mol. The van der Waals surface area contributed by atoms with Gasteiger partial charge >= 0.3 is 0 Å². The van der Waals surface area contributed by atoms with Crippen molar-refractivity contribution in [3.8, 4) is 0 Å². The van der Waals surface area contributed by atoms with Gasteiger partial charge in [0, 0.05) is 26.4 Å². The average molecular weight is 588 g/mol. The highest BCUT2D eigenvalue weighted by atomic mass is 32.2. The van der Waals surface area contributed by atoms with Crippen LogP contribution in [0.5, 0.6) is 0 Å². The number of hydrogen-bond donors (Lipinski definition) is 3. The number of carbonyl (C=O) groups excluding carboxylic acids is 1. The van der Waals surface area contributed by atoms with E-state index in [4.69, 9.17) is 13.9 Å². The molecule has 2 heterocycles. The highest BCUT2D eigenvalue weighted by Crippen LogP contribution is 2.24. The number of carbonyl (C=O) groups is 1. The van der Waals surface area contributed by atoms with E-state index in [0.29, 0.717) is 62.0 Å². The van der Waals surface area contributed by atoms with Gasteiger partial charge in [0.05, 0.1) is 23.7 Å². The van der Waals surface area contributed by atoms with Crippen LogP contribution >= 0.6 is 0 Å². The fourth-order valence-corrected chi connectivity index (χ4v) is 6.77. The quantitative estimate of drug-likeness (QED) is 0.244. The van der Waals surface area contributed by atoms with Crippen LogP contribution in [-0.4, -0.2) is 74.7 Å². The fourth-order valence-electron chi connectivity index (χ4n) is 5.20. The summed E-state index contributed by atoms with van der Waals surface area (Å²) in [5, 5.41) is 17.4. The van der Waals surface area contributed by atoms with E-state index >= 15 is 0 Å². The lowest BCUT2D eigenvalue weighted by Crippen LogP contribution is -2.56. The number of fused-ring (bicyclic) bond motifs is 1. The smallest absolute Gasteiger partial charge is 0.238 e. The molecule has 11 heteroatoms. The molecule has 4 rings (SSSR count). The number of sulfone groups is 1. The van der Waals surface area contributed by atoms with Crippen LogP contribution in [0.1, 0.15) is 56.6 Å². The molecule has 1 aliphatic rings. The molecular formula is C30H41N3O7S. The van der Waals surface area contributed by atoms with Gasteiger partial charge < -0.3 is 29.6 Å². The molecule has 3 aromatic rings. The number of aromatic nitrogens is 1. The van der Waals surface area contributed by atoms with Crippen molar-refractivity contribution in [1.29, 1.82) is 0 Å². The Morgan fingerprint density at radius 2 is 1.93 bits per heavy atom. The van der Waals surface area contributed by atoms with Crippen LogP contribution in [-0.2, 0) is 29.9 Å². The molecule has 0 spiro atoms. The van der Waals surface area contributed by atoms with Crippen LogP contribution in [0.25, 0.3) is 11.1 Å². The molecule has 41 heavy (non-hydrogen) atoms. The van der Waals surface area contributed by atoms with E-state index in [1.807, 2.05) is 25.1 Å². The number of aliphatic hydroxyl groups excluding tert-OH is 1. The molecule has 1 amide bonds. The van der Waals surface area contributed by atoms with Gasteiger partial charge in [-0.05, 0) is 43.4 Å². The Balaban J connectivity index is 1.51. The third-order valence-corrected chi connectivity index (χ3v) is 8.90. The topological polar surface area (TPSA) is 140 Å². The summed E-state index contributed by atoms with van der Waals surface area (Å²) in [5.74, 6) is -0.939. The van der Waals surface area contributed by atoms with Crippen molar-refractivity contribution < 1.29 is 32.2 Å². The number of rotatable bonds is 15. The number of methoxy groups -OCH3 is 1. The van der Waals surface area contributed by atoms with Crippen molar-refractivity contribution >= 4 is 26.8 Å². The lowest BCUT2D eigenvalue weighted by Gasteiger charge is -2.33. The summed E-state index contributed by atoms with van der Waals surface area (Å²) >= 11 is 0. The molecule has 1 saturated heterocycles. The van der Waals surface area contributed by atoms with Crippen molar-refractivity contribution in [1.82, 2.24) is 15.6 Å². The van der Waals surface area contributed by atoms with Crippen molar-refractivity contribution in [3.05, 3.63) is 66.1 Å². The van der Waals surface area contributed by atoms with Gasteiger partial charge in [-0.3, -0.25) is 4.79 Å². The molecule has 1 aromatic heterocycles. The molecule has 1 aliphatic heterocycles. The lowest BCUT2D eigenvalue weighted by atomic mass is 10.00. The second kappa shape index (κ2) is 14.9. The number of nitrogens with one attached hydrogen (secondary N) is 2. The third-order valence-electron chi connectivity index (χ3n) is 7.29. The van der Waals surface area contributed by atoms with Crippen molar-refractivity contribution in [2.45, 2.75) is 75.1 Å². The SMILES string of the molecule is CCCC(NC(=O)C(CS(=O)(=O)Cc1ccccc1)NC1CCO[C@@H](CCOC)C1)[C@H](O)c1nc2ccccc2o1. The highest BCUT2D eigenvalue weighted by molar-refractivity contribution is 7.90. The van der Waals surface area contributed by atoms with Crippen molar-refractivity contribution in [2.24, 2.45) is 0 Å². The first-order valence-corrected chi connectivity index (χ1v) is 16.0. The Labute approximate surface area is 241 Å². The summed E-state index contributed by atoms with van der Waals surface area (Å²) in [6, 6.07) is 14.3. The van der Waals surface area contributed by atoms with Gasteiger partial charge in [-0.1, -0.05) is 55.8 Å². The Bertz CT molecular complexity index is 1320. The maximum Gasteiger partial charge on any atom is 0.238 e. The minimum absolute atomic E-state index is 0.0420. The zero-order valence-electron chi connectivity index (χ0n) is 23.7. The monoisotopic (exact) mass is 587 g/mol. The first kappa shape index (κ1) is 31.1. The fraction of sp³-hybridized carbons (Fsp3) is 0.533. The second-order valence-corrected chi connectivity index (χ2v) is 12.7. The molecule has 224 valence electrons. The number of nitrogens with zero attached hydrogens (tertiary/aromatic N) is 1. The van der Waals surface area contributed by atoms with Gasteiger partial charge in [-0.2, -0.15) is 0 Å². The maximum absolute atomic E-state index is 13.7. The normalized spacial score (nSPS) is 20.0. The minimum Gasteiger partial charge on any atom is -0.438 e.